The number of aldehydes is 1. The molecule has 1 aromatic carbocycles. The van der Waals surface area contributed by atoms with Gasteiger partial charge in [-0.25, -0.2) is 0 Å². The summed E-state index contributed by atoms with van der Waals surface area (Å²) in [6.45, 7) is 2.60. The van der Waals surface area contributed by atoms with E-state index >= 15 is 0 Å². The van der Waals surface area contributed by atoms with Crippen molar-refractivity contribution < 1.29 is 36.0 Å². The molecule has 0 aliphatic heterocycles. The van der Waals surface area contributed by atoms with E-state index in [1.807, 2.05) is 0 Å². The van der Waals surface area contributed by atoms with Crippen molar-refractivity contribution in [3.05, 3.63) is 52.2 Å². The number of allylic oxidation sites excluding steroid dienone is 2. The Bertz CT molecular complexity index is 1070. The van der Waals surface area contributed by atoms with Gasteiger partial charge in [-0.2, -0.15) is 26.9 Å². The summed E-state index contributed by atoms with van der Waals surface area (Å²) in [6.07, 6.45) is -2.95. The summed E-state index contributed by atoms with van der Waals surface area (Å²) < 4.78 is 73.0. The molecule has 0 saturated heterocycles. The molecule has 0 spiro atoms. The Labute approximate surface area is 171 Å². The quantitative estimate of drug-likeness (QED) is 0.454. The maximum atomic E-state index is 13.2. The van der Waals surface area contributed by atoms with E-state index in [9.17, 15) is 36.0 Å². The number of aliphatic hydroxyl groups is 1. The van der Waals surface area contributed by atoms with Crippen LogP contribution in [0, 0.1) is 11.3 Å². The number of nitrogens with one attached hydrogen (secondary N) is 1. The zero-order valence-corrected chi connectivity index (χ0v) is 16.8. The van der Waals surface area contributed by atoms with Gasteiger partial charge in [-0.3, -0.25) is 4.55 Å². The third kappa shape index (κ3) is 4.72. The molecule has 30 heavy (non-hydrogen) atoms. The van der Waals surface area contributed by atoms with Crippen LogP contribution in [0.1, 0.15) is 37.8 Å². The minimum absolute atomic E-state index is 0.0336. The fraction of sp³-hybridized carbons (Fsp3) is 0.368. The van der Waals surface area contributed by atoms with Gasteiger partial charge in [0.1, 0.15) is 17.1 Å². The van der Waals surface area contributed by atoms with Crippen molar-refractivity contribution in [2.24, 2.45) is 0 Å². The van der Waals surface area contributed by atoms with Gasteiger partial charge in [0, 0.05) is 12.1 Å². The van der Waals surface area contributed by atoms with Crippen LogP contribution < -0.4 is 5.32 Å². The molecule has 2 atom stereocenters. The highest BCUT2D eigenvalue weighted by Gasteiger charge is 2.46. The Balaban J connectivity index is 2.61. The number of carbonyl (C=O) groups excluding carboxylic acids is 1. The Kier molecular flexibility index (Phi) is 6.46. The Morgan fingerprint density at radius 2 is 2.00 bits per heavy atom. The molecular formula is C19H19F3N2O5S. The molecule has 0 aromatic heterocycles. The highest BCUT2D eigenvalue weighted by molar-refractivity contribution is 7.86. The number of halogens is 3. The first-order valence-corrected chi connectivity index (χ1v) is 10.2. The maximum Gasteiger partial charge on any atom is 0.417 e. The largest absolute Gasteiger partial charge is 0.417 e. The molecular weight excluding hydrogens is 425 g/mol. The predicted octanol–water partition coefficient (Wildman–Crippen LogP) is 3.19. The maximum absolute atomic E-state index is 13.2. The number of carbonyl (C=O) groups is 1. The first-order valence-electron chi connectivity index (χ1n) is 8.66. The number of hydrogen-bond acceptors (Lipinski definition) is 6. The molecule has 162 valence electrons. The highest BCUT2D eigenvalue weighted by atomic mass is 32.2. The lowest BCUT2D eigenvalue weighted by Crippen LogP contribution is -2.49. The van der Waals surface area contributed by atoms with Crippen molar-refractivity contribution in [2.75, 3.05) is 5.32 Å². The second-order valence-electron chi connectivity index (χ2n) is 6.98. The Morgan fingerprint density at radius 1 is 1.37 bits per heavy atom. The standard InChI is InChI=1S/C19H19F3N2O5S/c1-11-12(4-3-7-25)8-16(30(27,28)29)18(2,26)17(11)24-14-6-5-13(10-23)15(9-14)19(20,21)22/h5-9,16,24,26H,3-4H2,1-2H3,(H,27,28,29). The molecule has 0 bridgehead atoms. The first-order chi connectivity index (χ1) is 13.7. The van der Waals surface area contributed by atoms with Crippen LogP contribution in [0.15, 0.2) is 41.1 Å². The molecule has 0 amide bonds. The van der Waals surface area contributed by atoms with Gasteiger partial charge in [0.15, 0.2) is 0 Å². The monoisotopic (exact) mass is 444 g/mol. The van der Waals surface area contributed by atoms with E-state index in [1.54, 1.807) is 0 Å². The molecule has 2 rings (SSSR count). The minimum atomic E-state index is -4.81. The number of hydrogen-bond donors (Lipinski definition) is 3. The number of benzene rings is 1. The van der Waals surface area contributed by atoms with Crippen molar-refractivity contribution in [1.82, 2.24) is 0 Å². The fourth-order valence-electron chi connectivity index (χ4n) is 3.33. The molecule has 0 saturated carbocycles. The summed E-state index contributed by atoms with van der Waals surface area (Å²) in [5, 5.41) is 20.6. The van der Waals surface area contributed by atoms with Crippen molar-refractivity contribution in [2.45, 2.75) is 43.7 Å². The summed E-state index contributed by atoms with van der Waals surface area (Å²) in [5.41, 5.74) is -3.66. The van der Waals surface area contributed by atoms with Gasteiger partial charge < -0.3 is 15.2 Å². The number of rotatable bonds is 6. The van der Waals surface area contributed by atoms with E-state index in [0.29, 0.717) is 23.5 Å². The van der Waals surface area contributed by atoms with Crippen LogP contribution in [0.2, 0.25) is 0 Å². The summed E-state index contributed by atoms with van der Waals surface area (Å²) in [7, 11) is -4.79. The summed E-state index contributed by atoms with van der Waals surface area (Å²) in [4.78, 5) is 10.7. The SMILES string of the molecule is CC1=C(Nc2ccc(C#N)c(C(F)(F)F)c2)C(C)(O)C(S(=O)(=O)O)C=C1CCC=O. The van der Waals surface area contributed by atoms with Crippen LogP contribution in [0.4, 0.5) is 18.9 Å². The predicted molar refractivity (Wildman–Crippen MR) is 102 cm³/mol. The number of nitrogens with zero attached hydrogens (tertiary/aromatic N) is 1. The van der Waals surface area contributed by atoms with Crippen molar-refractivity contribution in [1.29, 1.82) is 5.26 Å². The topological polar surface area (TPSA) is 127 Å². The summed E-state index contributed by atoms with van der Waals surface area (Å²) in [6, 6.07) is 4.24. The molecule has 11 heteroatoms. The molecule has 1 aliphatic rings. The van der Waals surface area contributed by atoms with E-state index < -0.39 is 38.3 Å². The van der Waals surface area contributed by atoms with Crippen LogP contribution >= 0.6 is 0 Å². The molecule has 1 aliphatic carbocycles. The van der Waals surface area contributed by atoms with Crippen LogP contribution in [0.5, 0.6) is 0 Å². The fourth-order valence-corrected chi connectivity index (χ4v) is 4.37. The van der Waals surface area contributed by atoms with E-state index in [1.165, 1.54) is 19.1 Å². The van der Waals surface area contributed by atoms with Crippen molar-refractivity contribution >= 4 is 22.1 Å². The molecule has 0 fully saturated rings. The second-order valence-corrected chi connectivity index (χ2v) is 8.51. The molecule has 0 heterocycles. The van der Waals surface area contributed by atoms with Gasteiger partial charge in [0.2, 0.25) is 0 Å². The summed E-state index contributed by atoms with van der Waals surface area (Å²) >= 11 is 0. The second kappa shape index (κ2) is 8.22. The molecule has 7 nitrogen and oxygen atoms in total. The van der Waals surface area contributed by atoms with E-state index in [-0.39, 0.29) is 24.2 Å². The first kappa shape index (κ1) is 23.6. The summed E-state index contributed by atoms with van der Waals surface area (Å²) in [5.74, 6) is 0. The van der Waals surface area contributed by atoms with Crippen LogP contribution in [0.25, 0.3) is 0 Å². The van der Waals surface area contributed by atoms with E-state index in [4.69, 9.17) is 5.26 Å². The Morgan fingerprint density at radius 3 is 2.50 bits per heavy atom. The lowest BCUT2D eigenvalue weighted by atomic mass is 9.83. The third-order valence-corrected chi connectivity index (χ3v) is 6.07. The third-order valence-electron chi connectivity index (χ3n) is 4.84. The van der Waals surface area contributed by atoms with Crippen LogP contribution in [0.3, 0.4) is 0 Å². The van der Waals surface area contributed by atoms with Crippen molar-refractivity contribution in [3.8, 4) is 6.07 Å². The Hall–Kier alpha value is -2.68. The zero-order chi connectivity index (χ0) is 22.9. The smallest absolute Gasteiger partial charge is 0.382 e. The minimum Gasteiger partial charge on any atom is -0.382 e. The van der Waals surface area contributed by atoms with Gasteiger partial charge in [-0.05, 0) is 49.6 Å². The zero-order valence-electron chi connectivity index (χ0n) is 16.0. The number of anilines is 1. The molecule has 0 radical (unpaired) electrons. The lowest BCUT2D eigenvalue weighted by molar-refractivity contribution is -0.137. The molecule has 2 unspecified atom stereocenters. The van der Waals surface area contributed by atoms with E-state index in [2.05, 4.69) is 5.32 Å². The van der Waals surface area contributed by atoms with Gasteiger partial charge in [-0.1, -0.05) is 6.08 Å². The van der Waals surface area contributed by atoms with Gasteiger partial charge in [0.05, 0.1) is 22.9 Å². The normalized spacial score (nSPS) is 22.3. The average Bonchev–Trinajstić information content (AvgIpc) is 2.62. The number of alkyl halides is 3. The lowest BCUT2D eigenvalue weighted by Gasteiger charge is -2.38. The van der Waals surface area contributed by atoms with Gasteiger partial charge in [0.25, 0.3) is 10.1 Å². The average molecular weight is 444 g/mol. The van der Waals surface area contributed by atoms with Crippen LogP contribution in [-0.2, 0) is 21.1 Å². The van der Waals surface area contributed by atoms with Crippen LogP contribution in [-0.4, -0.2) is 35.2 Å². The van der Waals surface area contributed by atoms with E-state index in [0.717, 1.165) is 19.1 Å². The number of nitriles is 1. The van der Waals surface area contributed by atoms with Crippen molar-refractivity contribution in [3.63, 3.8) is 0 Å². The molecule has 3 N–H and O–H groups in total. The van der Waals surface area contributed by atoms with Gasteiger partial charge in [-0.15, -0.1) is 0 Å². The highest BCUT2D eigenvalue weighted by Crippen LogP contribution is 2.39. The molecule has 1 aromatic rings. The van der Waals surface area contributed by atoms with Gasteiger partial charge >= 0.3 is 6.18 Å².